The molecule has 0 heterocycles. The van der Waals surface area contributed by atoms with Crippen LogP contribution < -0.4 is 10.5 Å². The van der Waals surface area contributed by atoms with Crippen LogP contribution in [0.3, 0.4) is 0 Å². The van der Waals surface area contributed by atoms with E-state index >= 15 is 0 Å². The topological polar surface area (TPSA) is 78.4 Å². The Bertz CT molecular complexity index is 617. The van der Waals surface area contributed by atoms with Crippen LogP contribution in [0, 0.1) is 10.1 Å². The van der Waals surface area contributed by atoms with E-state index in [1.807, 2.05) is 12.1 Å². The lowest BCUT2D eigenvalue weighted by Crippen LogP contribution is -1.99. The number of hydrogen-bond acceptors (Lipinski definition) is 4. The third kappa shape index (κ3) is 3.45. The standard InChI is InChI=1S/C13H11BrN2O3/c14-10-4-5-13(12(7-10)16(17)18)19-8-9-2-1-3-11(15)6-9/h1-7H,8,15H2. The number of anilines is 1. The van der Waals surface area contributed by atoms with Crippen molar-refractivity contribution in [1.82, 2.24) is 0 Å². The van der Waals surface area contributed by atoms with Gasteiger partial charge in [0.15, 0.2) is 5.75 Å². The Morgan fingerprint density at radius 2 is 2.05 bits per heavy atom. The number of nitrogens with zero attached hydrogens (tertiary/aromatic N) is 1. The molecule has 0 saturated heterocycles. The number of nitrogens with two attached hydrogens (primary N) is 1. The molecule has 0 unspecified atom stereocenters. The fraction of sp³-hybridized carbons (Fsp3) is 0.0769. The van der Waals surface area contributed by atoms with Gasteiger partial charge in [-0.15, -0.1) is 0 Å². The molecule has 0 aliphatic heterocycles. The molecule has 19 heavy (non-hydrogen) atoms. The summed E-state index contributed by atoms with van der Waals surface area (Å²) >= 11 is 3.19. The van der Waals surface area contributed by atoms with Crippen LogP contribution in [-0.4, -0.2) is 4.92 Å². The highest BCUT2D eigenvalue weighted by Crippen LogP contribution is 2.30. The highest BCUT2D eigenvalue weighted by atomic mass is 79.9. The summed E-state index contributed by atoms with van der Waals surface area (Å²) in [5.41, 5.74) is 7.07. The van der Waals surface area contributed by atoms with Crippen LogP contribution in [0.5, 0.6) is 5.75 Å². The van der Waals surface area contributed by atoms with E-state index in [9.17, 15) is 10.1 Å². The molecular weight excluding hydrogens is 312 g/mol. The Morgan fingerprint density at radius 3 is 2.74 bits per heavy atom. The van der Waals surface area contributed by atoms with Gasteiger partial charge in [0, 0.05) is 16.2 Å². The van der Waals surface area contributed by atoms with Gasteiger partial charge in [-0.25, -0.2) is 0 Å². The maximum Gasteiger partial charge on any atom is 0.312 e. The van der Waals surface area contributed by atoms with Gasteiger partial charge in [0.1, 0.15) is 6.61 Å². The van der Waals surface area contributed by atoms with Crippen LogP contribution in [0.25, 0.3) is 0 Å². The Kier molecular flexibility index (Phi) is 4.01. The van der Waals surface area contributed by atoms with Crippen molar-refractivity contribution in [2.24, 2.45) is 0 Å². The lowest BCUT2D eigenvalue weighted by molar-refractivity contribution is -0.386. The minimum absolute atomic E-state index is 0.0710. The van der Waals surface area contributed by atoms with Crippen molar-refractivity contribution in [2.75, 3.05) is 5.73 Å². The second-order valence-electron chi connectivity index (χ2n) is 3.90. The Labute approximate surface area is 118 Å². The molecule has 0 aliphatic rings. The first-order valence-electron chi connectivity index (χ1n) is 5.47. The summed E-state index contributed by atoms with van der Waals surface area (Å²) in [5.74, 6) is 0.232. The Hall–Kier alpha value is -2.08. The van der Waals surface area contributed by atoms with E-state index in [0.717, 1.165) is 5.56 Å². The van der Waals surface area contributed by atoms with E-state index in [1.165, 1.54) is 6.07 Å². The molecule has 2 aromatic rings. The fourth-order valence-corrected chi connectivity index (χ4v) is 1.95. The van der Waals surface area contributed by atoms with E-state index in [2.05, 4.69) is 15.9 Å². The zero-order chi connectivity index (χ0) is 13.8. The number of rotatable bonds is 4. The third-order valence-electron chi connectivity index (χ3n) is 2.46. The smallest absolute Gasteiger partial charge is 0.312 e. The maximum absolute atomic E-state index is 10.9. The van der Waals surface area contributed by atoms with Gasteiger partial charge in [-0.05, 0) is 29.8 Å². The largest absolute Gasteiger partial charge is 0.482 e. The zero-order valence-electron chi connectivity index (χ0n) is 9.88. The van der Waals surface area contributed by atoms with Gasteiger partial charge in [0.05, 0.1) is 4.92 Å². The zero-order valence-corrected chi connectivity index (χ0v) is 11.5. The molecule has 0 aliphatic carbocycles. The molecule has 98 valence electrons. The summed E-state index contributed by atoms with van der Waals surface area (Å²) in [6.45, 7) is 0.230. The number of benzene rings is 2. The SMILES string of the molecule is Nc1cccc(COc2ccc(Br)cc2[N+](=O)[O-])c1. The molecule has 5 nitrogen and oxygen atoms in total. The van der Waals surface area contributed by atoms with E-state index in [0.29, 0.717) is 10.2 Å². The number of nitro benzene ring substituents is 1. The molecule has 0 amide bonds. The molecule has 0 spiro atoms. The van der Waals surface area contributed by atoms with Gasteiger partial charge in [-0.3, -0.25) is 10.1 Å². The summed E-state index contributed by atoms with van der Waals surface area (Å²) in [6, 6.07) is 11.9. The minimum atomic E-state index is -0.473. The Balaban J connectivity index is 2.17. The van der Waals surface area contributed by atoms with Gasteiger partial charge in [-0.1, -0.05) is 28.1 Å². The summed E-state index contributed by atoms with van der Waals surface area (Å²) in [7, 11) is 0. The quantitative estimate of drug-likeness (QED) is 0.530. The molecule has 2 aromatic carbocycles. The van der Waals surface area contributed by atoms with Crippen LogP contribution in [0.1, 0.15) is 5.56 Å². The van der Waals surface area contributed by atoms with Crippen LogP contribution >= 0.6 is 15.9 Å². The highest BCUT2D eigenvalue weighted by molar-refractivity contribution is 9.10. The van der Waals surface area contributed by atoms with Crippen LogP contribution in [-0.2, 0) is 6.61 Å². The number of nitrogen functional groups attached to an aromatic ring is 1. The van der Waals surface area contributed by atoms with Crippen molar-refractivity contribution in [1.29, 1.82) is 0 Å². The average Bonchev–Trinajstić information content (AvgIpc) is 2.37. The number of nitro groups is 1. The van der Waals surface area contributed by atoms with Gasteiger partial charge < -0.3 is 10.5 Å². The van der Waals surface area contributed by atoms with Crippen molar-refractivity contribution < 1.29 is 9.66 Å². The number of hydrogen-bond donors (Lipinski definition) is 1. The van der Waals surface area contributed by atoms with Crippen LogP contribution in [0.15, 0.2) is 46.9 Å². The predicted octanol–water partition coefficient (Wildman–Crippen LogP) is 3.52. The molecule has 0 saturated carbocycles. The van der Waals surface area contributed by atoms with Gasteiger partial charge in [0.25, 0.3) is 0 Å². The summed E-state index contributed by atoms with van der Waals surface area (Å²) in [4.78, 5) is 10.5. The molecule has 0 aromatic heterocycles. The van der Waals surface area contributed by atoms with Gasteiger partial charge >= 0.3 is 5.69 Å². The van der Waals surface area contributed by atoms with E-state index in [-0.39, 0.29) is 18.0 Å². The fourth-order valence-electron chi connectivity index (χ4n) is 1.60. The van der Waals surface area contributed by atoms with Crippen molar-refractivity contribution in [3.63, 3.8) is 0 Å². The summed E-state index contributed by atoms with van der Waals surface area (Å²) in [5, 5.41) is 10.9. The first kappa shape index (κ1) is 13.4. The highest BCUT2D eigenvalue weighted by Gasteiger charge is 2.15. The summed E-state index contributed by atoms with van der Waals surface area (Å²) in [6.07, 6.45) is 0. The lowest BCUT2D eigenvalue weighted by atomic mass is 10.2. The van der Waals surface area contributed by atoms with E-state index in [4.69, 9.17) is 10.5 Å². The predicted molar refractivity (Wildman–Crippen MR) is 76.0 cm³/mol. The van der Waals surface area contributed by atoms with Crippen LogP contribution in [0.4, 0.5) is 11.4 Å². The molecule has 0 atom stereocenters. The monoisotopic (exact) mass is 322 g/mol. The van der Waals surface area contributed by atoms with Crippen molar-refractivity contribution in [3.05, 3.63) is 62.6 Å². The molecule has 0 radical (unpaired) electrons. The van der Waals surface area contributed by atoms with Gasteiger partial charge in [0.2, 0.25) is 0 Å². The minimum Gasteiger partial charge on any atom is -0.482 e. The number of ether oxygens (including phenoxy) is 1. The first-order valence-corrected chi connectivity index (χ1v) is 6.27. The van der Waals surface area contributed by atoms with Crippen molar-refractivity contribution in [3.8, 4) is 5.75 Å². The second kappa shape index (κ2) is 5.71. The summed E-state index contributed by atoms with van der Waals surface area (Å²) < 4.78 is 6.11. The molecule has 0 bridgehead atoms. The maximum atomic E-state index is 10.9. The second-order valence-corrected chi connectivity index (χ2v) is 4.82. The molecule has 6 heteroatoms. The van der Waals surface area contributed by atoms with Crippen molar-refractivity contribution >= 4 is 27.3 Å². The molecule has 0 fully saturated rings. The average molecular weight is 323 g/mol. The van der Waals surface area contributed by atoms with Crippen molar-refractivity contribution in [2.45, 2.75) is 6.61 Å². The normalized spacial score (nSPS) is 10.2. The van der Waals surface area contributed by atoms with E-state index < -0.39 is 4.92 Å². The molecule has 2 N–H and O–H groups in total. The molecular formula is C13H11BrN2O3. The Morgan fingerprint density at radius 1 is 1.26 bits per heavy atom. The van der Waals surface area contributed by atoms with E-state index in [1.54, 1.807) is 24.3 Å². The van der Waals surface area contributed by atoms with Gasteiger partial charge in [-0.2, -0.15) is 0 Å². The first-order chi connectivity index (χ1) is 9.06. The molecule has 2 rings (SSSR count). The third-order valence-corrected chi connectivity index (χ3v) is 2.96. The number of halogens is 1. The van der Waals surface area contributed by atoms with Crippen LogP contribution in [0.2, 0.25) is 0 Å². The lowest BCUT2D eigenvalue weighted by Gasteiger charge is -2.07.